The van der Waals surface area contributed by atoms with Crippen LogP contribution in [0.25, 0.3) is 11.1 Å². The highest BCUT2D eigenvalue weighted by molar-refractivity contribution is 14.1. The van der Waals surface area contributed by atoms with Gasteiger partial charge in [0.25, 0.3) is 5.91 Å². The van der Waals surface area contributed by atoms with Gasteiger partial charge >= 0.3 is 0 Å². The van der Waals surface area contributed by atoms with Crippen LogP contribution in [0.15, 0.2) is 71.8 Å². The number of carbonyl (C=O) groups excluding carboxylic acids is 1. The van der Waals surface area contributed by atoms with Crippen molar-refractivity contribution in [2.75, 3.05) is 13.2 Å². The third-order valence-corrected chi connectivity index (χ3v) is 4.91. The van der Waals surface area contributed by atoms with Crippen LogP contribution in [0, 0.1) is 3.57 Å². The van der Waals surface area contributed by atoms with Crippen LogP contribution in [0.2, 0.25) is 0 Å². The molecule has 0 fully saturated rings. The van der Waals surface area contributed by atoms with Crippen LogP contribution in [-0.2, 0) is 4.79 Å². The molecule has 1 amide bonds. The number of ether oxygens (including phenoxy) is 2. The molecule has 0 atom stereocenters. The van der Waals surface area contributed by atoms with Gasteiger partial charge in [0.1, 0.15) is 5.75 Å². The van der Waals surface area contributed by atoms with E-state index < -0.39 is 0 Å². The summed E-state index contributed by atoms with van der Waals surface area (Å²) in [5, 5.41) is 13.9. The molecule has 3 rings (SSSR count). The van der Waals surface area contributed by atoms with Crippen molar-refractivity contribution in [2.45, 2.75) is 6.92 Å². The van der Waals surface area contributed by atoms with Gasteiger partial charge in [-0.1, -0.05) is 42.5 Å². The monoisotopic (exact) mass is 516 g/mol. The van der Waals surface area contributed by atoms with Crippen LogP contribution < -0.4 is 14.9 Å². The molecule has 0 spiro atoms. The van der Waals surface area contributed by atoms with Crippen LogP contribution in [0.5, 0.6) is 17.2 Å². The second kappa shape index (κ2) is 10.6. The van der Waals surface area contributed by atoms with Gasteiger partial charge in [-0.2, -0.15) is 5.10 Å². The summed E-state index contributed by atoms with van der Waals surface area (Å²) in [7, 11) is 0. The number of amides is 1. The summed E-state index contributed by atoms with van der Waals surface area (Å²) in [5.74, 6) is 0.685. The molecule has 0 aliphatic carbocycles. The Bertz CT molecular complexity index is 1020. The zero-order chi connectivity index (χ0) is 21.3. The first-order valence-electron chi connectivity index (χ1n) is 9.32. The van der Waals surface area contributed by atoms with Crippen molar-refractivity contribution in [1.82, 2.24) is 5.43 Å². The molecule has 6 nitrogen and oxygen atoms in total. The second-order valence-corrected chi connectivity index (χ2v) is 7.42. The van der Waals surface area contributed by atoms with E-state index in [4.69, 9.17) is 9.47 Å². The van der Waals surface area contributed by atoms with Crippen molar-refractivity contribution in [3.05, 3.63) is 75.9 Å². The summed E-state index contributed by atoms with van der Waals surface area (Å²) in [5.41, 5.74) is 5.31. The molecule has 3 aromatic rings. The van der Waals surface area contributed by atoms with Gasteiger partial charge in [0.15, 0.2) is 18.1 Å². The molecule has 0 aromatic heterocycles. The molecule has 0 heterocycles. The number of nitrogens with one attached hydrogen (secondary N) is 1. The van der Waals surface area contributed by atoms with Crippen LogP contribution in [-0.4, -0.2) is 30.4 Å². The number of hydrogen-bond acceptors (Lipinski definition) is 5. The number of phenols is 1. The van der Waals surface area contributed by atoms with E-state index in [1.807, 2.05) is 84.1 Å². The quantitative estimate of drug-likeness (QED) is 0.261. The SMILES string of the molecule is CCOc1cc(/C=N\NC(=O)COc2ccc(-c3ccccc3)cc2)cc(I)c1O. The highest BCUT2D eigenvalue weighted by atomic mass is 127. The Balaban J connectivity index is 1.51. The average molecular weight is 516 g/mol. The number of hydrogen-bond donors (Lipinski definition) is 2. The van der Waals surface area contributed by atoms with E-state index in [1.165, 1.54) is 6.21 Å². The Labute approximate surface area is 188 Å². The first kappa shape index (κ1) is 21.6. The van der Waals surface area contributed by atoms with Crippen molar-refractivity contribution in [3.63, 3.8) is 0 Å². The molecular formula is C23H21IN2O4. The molecule has 3 aromatic carbocycles. The Morgan fingerprint density at radius 2 is 1.77 bits per heavy atom. The lowest BCUT2D eigenvalue weighted by molar-refractivity contribution is -0.123. The lowest BCUT2D eigenvalue weighted by Gasteiger charge is -2.08. The van der Waals surface area contributed by atoms with Crippen molar-refractivity contribution in [3.8, 4) is 28.4 Å². The van der Waals surface area contributed by atoms with Gasteiger partial charge in [-0.25, -0.2) is 5.43 Å². The summed E-state index contributed by atoms with van der Waals surface area (Å²) in [6.45, 7) is 2.12. The van der Waals surface area contributed by atoms with Gasteiger partial charge < -0.3 is 14.6 Å². The fourth-order valence-corrected chi connectivity index (χ4v) is 3.29. The van der Waals surface area contributed by atoms with E-state index in [-0.39, 0.29) is 18.3 Å². The molecule has 0 radical (unpaired) electrons. The Morgan fingerprint density at radius 3 is 2.47 bits per heavy atom. The third kappa shape index (κ3) is 5.96. The zero-order valence-corrected chi connectivity index (χ0v) is 18.5. The highest BCUT2D eigenvalue weighted by Gasteiger charge is 2.08. The van der Waals surface area contributed by atoms with E-state index in [9.17, 15) is 9.90 Å². The van der Waals surface area contributed by atoms with Crippen LogP contribution in [0.3, 0.4) is 0 Å². The third-order valence-electron chi connectivity index (χ3n) is 4.08. The fourth-order valence-electron chi connectivity index (χ4n) is 2.67. The first-order valence-corrected chi connectivity index (χ1v) is 10.4. The van der Waals surface area contributed by atoms with Crippen molar-refractivity contribution in [1.29, 1.82) is 0 Å². The van der Waals surface area contributed by atoms with Gasteiger partial charge in [-0.05, 0) is 70.5 Å². The number of carbonyl (C=O) groups is 1. The number of halogens is 1. The van der Waals surface area contributed by atoms with Gasteiger partial charge in [-0.3, -0.25) is 4.79 Å². The minimum absolute atomic E-state index is 0.0883. The molecule has 2 N–H and O–H groups in total. The van der Waals surface area contributed by atoms with E-state index in [0.29, 0.717) is 27.2 Å². The molecular weight excluding hydrogens is 495 g/mol. The molecule has 154 valence electrons. The minimum atomic E-state index is -0.378. The average Bonchev–Trinajstić information content (AvgIpc) is 2.77. The van der Waals surface area contributed by atoms with Crippen molar-refractivity contribution < 1.29 is 19.4 Å². The summed E-state index contributed by atoms with van der Waals surface area (Å²) in [6.07, 6.45) is 1.48. The van der Waals surface area contributed by atoms with Gasteiger partial charge in [-0.15, -0.1) is 0 Å². The summed E-state index contributed by atoms with van der Waals surface area (Å²) in [6, 6.07) is 21.0. The first-order chi connectivity index (χ1) is 14.6. The lowest BCUT2D eigenvalue weighted by Crippen LogP contribution is -2.24. The molecule has 0 saturated heterocycles. The summed E-state index contributed by atoms with van der Waals surface area (Å²) >= 11 is 2.01. The minimum Gasteiger partial charge on any atom is -0.504 e. The van der Waals surface area contributed by atoms with E-state index >= 15 is 0 Å². The topological polar surface area (TPSA) is 80.2 Å². The molecule has 0 bridgehead atoms. The van der Waals surface area contributed by atoms with Gasteiger partial charge in [0.05, 0.1) is 16.4 Å². The molecule has 0 aliphatic heterocycles. The number of hydrazone groups is 1. The van der Waals surface area contributed by atoms with Gasteiger partial charge in [0.2, 0.25) is 0 Å². The number of phenolic OH excluding ortho intramolecular Hbond substituents is 1. The maximum absolute atomic E-state index is 12.0. The second-order valence-electron chi connectivity index (χ2n) is 6.25. The predicted octanol–water partition coefficient (Wildman–Crippen LogP) is 4.59. The molecule has 0 aliphatic rings. The zero-order valence-electron chi connectivity index (χ0n) is 16.3. The highest BCUT2D eigenvalue weighted by Crippen LogP contribution is 2.32. The largest absolute Gasteiger partial charge is 0.504 e. The summed E-state index contributed by atoms with van der Waals surface area (Å²) in [4.78, 5) is 12.0. The molecule has 0 unspecified atom stereocenters. The van der Waals surface area contributed by atoms with Crippen LogP contribution in [0.4, 0.5) is 0 Å². The molecule has 30 heavy (non-hydrogen) atoms. The number of aromatic hydroxyl groups is 1. The van der Waals surface area contributed by atoms with E-state index in [2.05, 4.69) is 10.5 Å². The van der Waals surface area contributed by atoms with E-state index in [1.54, 1.807) is 12.1 Å². The number of benzene rings is 3. The lowest BCUT2D eigenvalue weighted by atomic mass is 10.1. The maximum Gasteiger partial charge on any atom is 0.277 e. The smallest absolute Gasteiger partial charge is 0.277 e. The Hall–Kier alpha value is -3.07. The van der Waals surface area contributed by atoms with Crippen molar-refractivity contribution >= 4 is 34.7 Å². The molecule has 0 saturated carbocycles. The molecule has 7 heteroatoms. The van der Waals surface area contributed by atoms with E-state index in [0.717, 1.165) is 11.1 Å². The van der Waals surface area contributed by atoms with Crippen LogP contribution in [0.1, 0.15) is 12.5 Å². The van der Waals surface area contributed by atoms with Crippen molar-refractivity contribution in [2.24, 2.45) is 5.10 Å². The Morgan fingerprint density at radius 1 is 1.07 bits per heavy atom. The normalized spacial score (nSPS) is 10.7. The van der Waals surface area contributed by atoms with Crippen LogP contribution >= 0.6 is 22.6 Å². The standard InChI is InChI=1S/C23H21IN2O4/c1-2-29-21-13-16(12-20(24)23(21)28)14-25-26-22(27)15-30-19-10-8-18(9-11-19)17-6-4-3-5-7-17/h3-14,28H,2,15H2,1H3,(H,26,27)/b25-14-. The number of rotatable bonds is 8. The number of nitrogens with zero attached hydrogens (tertiary/aromatic N) is 1. The van der Waals surface area contributed by atoms with Gasteiger partial charge in [0, 0.05) is 0 Å². The summed E-state index contributed by atoms with van der Waals surface area (Å²) < 4.78 is 11.5. The fraction of sp³-hybridized carbons (Fsp3) is 0.130. The maximum atomic E-state index is 12.0. The Kier molecular flexibility index (Phi) is 7.67. The predicted molar refractivity (Wildman–Crippen MR) is 125 cm³/mol.